The summed E-state index contributed by atoms with van der Waals surface area (Å²) in [5, 5.41) is 32.8. The van der Waals surface area contributed by atoms with Crippen LogP contribution in [0.15, 0.2) is 47.4 Å². The number of nitrogens with one attached hydrogen (secondary N) is 1. The van der Waals surface area contributed by atoms with Gasteiger partial charge >= 0.3 is 13.4 Å². The van der Waals surface area contributed by atoms with Gasteiger partial charge < -0.3 is 25.8 Å². The fourth-order valence-corrected chi connectivity index (χ4v) is 5.59. The maximum Gasteiger partial charge on any atom is 0.405 e. The third kappa shape index (κ3) is 7.94. The fraction of sp³-hybridized carbons (Fsp3) is 0.522. The minimum Gasteiger partial charge on any atom is -0.395 e. The van der Waals surface area contributed by atoms with Crippen LogP contribution in [-0.2, 0) is 29.7 Å². The van der Waals surface area contributed by atoms with Gasteiger partial charge in [-0.15, -0.1) is 0 Å². The zero-order valence-electron chi connectivity index (χ0n) is 21.0. The van der Waals surface area contributed by atoms with Gasteiger partial charge in [0.2, 0.25) is 0 Å². The summed E-state index contributed by atoms with van der Waals surface area (Å²) in [5.41, 5.74) is 4.59. The Morgan fingerprint density at radius 3 is 2.61 bits per heavy atom. The minimum absolute atomic E-state index is 0.0125. The van der Waals surface area contributed by atoms with Gasteiger partial charge in [-0.3, -0.25) is 18.4 Å². The zero-order valence-corrected chi connectivity index (χ0v) is 22.7. The van der Waals surface area contributed by atoms with Crippen molar-refractivity contribution in [3.05, 3.63) is 58.6 Å². The molecule has 0 amide bonds. The number of rotatable bonds is 13. The summed E-state index contributed by atoms with van der Waals surface area (Å²) in [5.74, 6) is 0.139. The Balaban J connectivity index is 1.64. The summed E-state index contributed by atoms with van der Waals surface area (Å²) in [6.45, 7) is 2.48. The lowest BCUT2D eigenvalue weighted by Crippen LogP contribution is -2.36. The molecular formula is C23H33N4O9PS. The smallest absolute Gasteiger partial charge is 0.395 e. The number of nitrogens with two attached hydrogens (primary N) is 1. The predicted octanol–water partition coefficient (Wildman–Crippen LogP) is 0.654. The number of carbonyl (C=O) groups excluding carboxylic acids is 1. The van der Waals surface area contributed by atoms with Crippen molar-refractivity contribution >= 4 is 30.4 Å². The van der Waals surface area contributed by atoms with Gasteiger partial charge in [0.1, 0.15) is 24.1 Å². The van der Waals surface area contributed by atoms with E-state index in [9.17, 15) is 29.5 Å². The first-order chi connectivity index (χ1) is 18.0. The van der Waals surface area contributed by atoms with Crippen molar-refractivity contribution in [2.75, 3.05) is 31.3 Å². The van der Waals surface area contributed by atoms with Gasteiger partial charge in [0.05, 0.1) is 25.2 Å². The normalized spacial score (nSPS) is 23.3. The first-order valence-electron chi connectivity index (χ1n) is 11.8. The van der Waals surface area contributed by atoms with Gasteiger partial charge in [0.15, 0.2) is 11.3 Å². The number of anilines is 1. The number of nitrogens with zero attached hydrogens (tertiary/aromatic N) is 2. The van der Waals surface area contributed by atoms with Crippen molar-refractivity contribution in [1.29, 1.82) is 0 Å². The summed E-state index contributed by atoms with van der Waals surface area (Å²) in [6.07, 6.45) is -4.12. The molecule has 1 saturated heterocycles. The van der Waals surface area contributed by atoms with E-state index >= 15 is 0 Å². The van der Waals surface area contributed by atoms with E-state index in [1.807, 2.05) is 30.3 Å². The molecule has 6 N–H and O–H groups in total. The Kier molecular flexibility index (Phi) is 10.6. The molecular weight excluding hydrogens is 539 g/mol. The van der Waals surface area contributed by atoms with Crippen LogP contribution in [0, 0.1) is 5.41 Å². The average Bonchev–Trinajstić information content (AvgIpc) is 3.18. The lowest BCUT2D eigenvalue weighted by molar-refractivity contribution is -0.119. The van der Waals surface area contributed by atoms with E-state index in [1.165, 1.54) is 12.3 Å². The molecule has 1 aromatic carbocycles. The first kappa shape index (κ1) is 30.4. The molecule has 15 heteroatoms. The number of aromatic nitrogens is 2. The molecule has 1 aliphatic heterocycles. The monoisotopic (exact) mass is 572 g/mol. The Morgan fingerprint density at radius 2 is 1.95 bits per heavy atom. The average molecular weight is 573 g/mol. The molecule has 0 aliphatic carbocycles. The van der Waals surface area contributed by atoms with Gasteiger partial charge in [-0.1, -0.05) is 42.1 Å². The van der Waals surface area contributed by atoms with Crippen molar-refractivity contribution in [3.8, 4) is 0 Å². The van der Waals surface area contributed by atoms with Crippen molar-refractivity contribution in [2.24, 2.45) is 5.41 Å². The van der Waals surface area contributed by atoms with E-state index in [0.29, 0.717) is 0 Å². The minimum atomic E-state index is -3.99. The molecule has 0 radical (unpaired) electrons. The molecule has 38 heavy (non-hydrogen) atoms. The number of carbonyl (C=O) groups is 1. The third-order valence-corrected chi connectivity index (χ3v) is 8.46. The van der Waals surface area contributed by atoms with Gasteiger partial charge in [-0.05, 0) is 25.5 Å². The van der Waals surface area contributed by atoms with Gasteiger partial charge in [0.25, 0.3) is 0 Å². The Morgan fingerprint density at radius 1 is 1.24 bits per heavy atom. The number of hydrogen-bond donors (Lipinski definition) is 5. The lowest BCUT2D eigenvalue weighted by Gasteiger charge is -2.23. The maximum atomic E-state index is 13.5. The van der Waals surface area contributed by atoms with Crippen LogP contribution in [0.5, 0.6) is 0 Å². The number of ether oxygens (including phenoxy) is 1. The van der Waals surface area contributed by atoms with Crippen LogP contribution in [0.3, 0.4) is 0 Å². The summed E-state index contributed by atoms with van der Waals surface area (Å²) >= 11 is 0.934. The highest BCUT2D eigenvalue weighted by atomic mass is 32.2. The number of thioether (sulfide) groups is 1. The summed E-state index contributed by atoms with van der Waals surface area (Å²) in [7, 11) is -3.99. The molecule has 2 aromatic rings. The quantitative estimate of drug-likeness (QED) is 0.166. The standard InChI is InChI=1S/C23H33N4O9PS/c1-23(2,14-28)21(31)38-11-10-34-37(33,25-12-15-6-4-3-5-7-15)35-13-16-18(29)19(30)20(36-16)27-9-8-17(24)26-22(27)32/h3-9,16,18-20,28-30H,10-14H2,1-2H3,(H,25,33)(H2,24,26,32)/t16-,18+,19?,20?,37?/m1/s1. The second kappa shape index (κ2) is 13.3. The van der Waals surface area contributed by atoms with E-state index < -0.39 is 50.0 Å². The molecule has 0 bridgehead atoms. The summed E-state index contributed by atoms with van der Waals surface area (Å²) < 4.78 is 31.2. The molecule has 0 saturated carbocycles. The molecule has 3 rings (SSSR count). The van der Waals surface area contributed by atoms with E-state index in [0.717, 1.165) is 21.9 Å². The fourth-order valence-electron chi connectivity index (χ4n) is 3.35. The SMILES string of the molecule is CC(C)(CO)C(=O)SCCOP(=O)(NCc1ccccc1)OC[C@H]1OC(n2ccc(N)nc2=O)C(O)[C@H]1O. The van der Waals surface area contributed by atoms with E-state index in [-0.39, 0.29) is 36.4 Å². The number of nitrogen functional groups attached to an aromatic ring is 1. The molecule has 5 atom stereocenters. The first-order valence-corrected chi connectivity index (χ1v) is 14.3. The van der Waals surface area contributed by atoms with E-state index in [1.54, 1.807) is 13.8 Å². The van der Waals surface area contributed by atoms with E-state index in [2.05, 4.69) is 10.1 Å². The highest BCUT2D eigenvalue weighted by Gasteiger charge is 2.45. The summed E-state index contributed by atoms with van der Waals surface area (Å²) in [6, 6.07) is 10.4. The Bertz CT molecular complexity index is 1180. The topological polar surface area (TPSA) is 195 Å². The number of aliphatic hydroxyl groups is 3. The molecule has 210 valence electrons. The van der Waals surface area contributed by atoms with Gasteiger partial charge in [-0.25, -0.2) is 14.4 Å². The van der Waals surface area contributed by atoms with Crippen LogP contribution in [0.25, 0.3) is 0 Å². The molecule has 3 unspecified atom stereocenters. The van der Waals surface area contributed by atoms with Crippen LogP contribution in [-0.4, -0.2) is 73.9 Å². The molecule has 13 nitrogen and oxygen atoms in total. The maximum absolute atomic E-state index is 13.5. The second-order valence-electron chi connectivity index (χ2n) is 9.21. The van der Waals surface area contributed by atoms with Crippen molar-refractivity contribution in [1.82, 2.24) is 14.6 Å². The number of benzene rings is 1. The van der Waals surface area contributed by atoms with Crippen LogP contribution >= 0.6 is 19.5 Å². The largest absolute Gasteiger partial charge is 0.405 e. The Labute approximate surface area is 223 Å². The molecule has 1 aliphatic rings. The molecule has 2 heterocycles. The van der Waals surface area contributed by atoms with E-state index in [4.69, 9.17) is 19.5 Å². The molecule has 0 spiro atoms. The van der Waals surface area contributed by atoms with Crippen LogP contribution in [0.4, 0.5) is 5.82 Å². The number of hydrogen-bond acceptors (Lipinski definition) is 12. The van der Waals surface area contributed by atoms with Crippen LogP contribution in [0.2, 0.25) is 0 Å². The van der Waals surface area contributed by atoms with Crippen LogP contribution < -0.4 is 16.5 Å². The van der Waals surface area contributed by atoms with Crippen molar-refractivity contribution in [3.63, 3.8) is 0 Å². The van der Waals surface area contributed by atoms with Crippen LogP contribution in [0.1, 0.15) is 25.6 Å². The zero-order chi connectivity index (χ0) is 27.9. The van der Waals surface area contributed by atoms with Gasteiger partial charge in [0, 0.05) is 18.5 Å². The number of aliphatic hydroxyl groups excluding tert-OH is 3. The van der Waals surface area contributed by atoms with Gasteiger partial charge in [-0.2, -0.15) is 4.98 Å². The Hall–Kier alpha value is -2.13. The molecule has 1 aromatic heterocycles. The molecule has 1 fully saturated rings. The second-order valence-corrected chi connectivity index (χ2v) is 12.1. The van der Waals surface area contributed by atoms with Crippen molar-refractivity contribution < 1.29 is 38.5 Å². The highest BCUT2D eigenvalue weighted by Crippen LogP contribution is 2.45. The third-order valence-electron chi connectivity index (χ3n) is 5.72. The lowest BCUT2D eigenvalue weighted by atomic mass is 9.97. The highest BCUT2D eigenvalue weighted by molar-refractivity contribution is 8.13. The van der Waals surface area contributed by atoms with Crippen molar-refractivity contribution in [2.45, 2.75) is 44.9 Å². The predicted molar refractivity (Wildman–Crippen MR) is 140 cm³/mol. The summed E-state index contributed by atoms with van der Waals surface area (Å²) in [4.78, 5) is 28.0.